The molecule has 0 saturated carbocycles. The highest BCUT2D eigenvalue weighted by Crippen LogP contribution is 2.31. The first kappa shape index (κ1) is 18.4. The number of methoxy groups -OCH3 is 1. The van der Waals surface area contributed by atoms with E-state index >= 15 is 0 Å². The largest absolute Gasteiger partial charge is 0.482 e. The summed E-state index contributed by atoms with van der Waals surface area (Å²) in [5.41, 5.74) is 1.39. The number of halogens is 1. The number of carbonyl (C=O) groups is 2. The van der Waals surface area contributed by atoms with E-state index in [4.69, 9.17) is 9.47 Å². The van der Waals surface area contributed by atoms with Gasteiger partial charge in [0, 0.05) is 35.1 Å². The Labute approximate surface area is 164 Å². The van der Waals surface area contributed by atoms with Crippen molar-refractivity contribution in [2.75, 3.05) is 24.4 Å². The summed E-state index contributed by atoms with van der Waals surface area (Å²) in [7, 11) is 1.46. The third-order valence-corrected chi connectivity index (χ3v) is 4.13. The van der Waals surface area contributed by atoms with Crippen LogP contribution in [0.25, 0.3) is 11.4 Å². The minimum absolute atomic E-state index is 0.0957. The van der Waals surface area contributed by atoms with Crippen LogP contribution in [0.15, 0.2) is 48.7 Å². The van der Waals surface area contributed by atoms with Gasteiger partial charge in [0.05, 0.1) is 12.8 Å². The molecule has 0 saturated heterocycles. The van der Waals surface area contributed by atoms with E-state index in [1.54, 1.807) is 24.3 Å². The van der Waals surface area contributed by atoms with Crippen molar-refractivity contribution in [3.63, 3.8) is 0 Å². The van der Waals surface area contributed by atoms with Crippen LogP contribution in [0.4, 0.5) is 15.8 Å². The Kier molecular flexibility index (Phi) is 4.78. The summed E-state index contributed by atoms with van der Waals surface area (Å²) in [4.78, 5) is 32.2. The van der Waals surface area contributed by atoms with E-state index < -0.39 is 11.7 Å². The summed E-state index contributed by atoms with van der Waals surface area (Å²) in [6.45, 7) is -0.0990. The van der Waals surface area contributed by atoms with E-state index in [2.05, 4.69) is 20.6 Å². The summed E-state index contributed by atoms with van der Waals surface area (Å²) in [5, 5.41) is 5.35. The maximum absolute atomic E-state index is 14.1. The topological polar surface area (TPSA) is 102 Å². The van der Waals surface area contributed by atoms with Crippen LogP contribution in [0.1, 0.15) is 10.4 Å². The van der Waals surface area contributed by atoms with Crippen LogP contribution in [0.3, 0.4) is 0 Å². The molecule has 1 aromatic heterocycles. The predicted octanol–water partition coefficient (Wildman–Crippen LogP) is 2.87. The lowest BCUT2D eigenvalue weighted by Gasteiger charge is -2.18. The second-order valence-electron chi connectivity index (χ2n) is 6.15. The standard InChI is InChI=1S/C20H15FN4O4/c1-28-18-4-5-22-19(25-18)11-6-12(8-13(21)7-11)20(27)23-14-2-3-15-16(9-14)29-10-17(26)24-15/h2-9H,10H2,1H3,(H,23,27)(H,24,26). The molecule has 0 bridgehead atoms. The van der Waals surface area contributed by atoms with Crippen LogP contribution in [0.2, 0.25) is 0 Å². The number of anilines is 2. The minimum Gasteiger partial charge on any atom is -0.482 e. The number of carbonyl (C=O) groups excluding carboxylic acids is 2. The van der Waals surface area contributed by atoms with Gasteiger partial charge in [-0.15, -0.1) is 0 Å². The molecular weight excluding hydrogens is 379 g/mol. The number of nitrogens with one attached hydrogen (secondary N) is 2. The number of rotatable bonds is 4. The lowest BCUT2D eigenvalue weighted by molar-refractivity contribution is -0.118. The van der Waals surface area contributed by atoms with Crippen LogP contribution in [-0.2, 0) is 4.79 Å². The average Bonchev–Trinajstić information content (AvgIpc) is 2.73. The van der Waals surface area contributed by atoms with Gasteiger partial charge in [-0.2, -0.15) is 4.98 Å². The first-order valence-electron chi connectivity index (χ1n) is 8.58. The molecule has 3 aromatic rings. The fourth-order valence-electron chi connectivity index (χ4n) is 2.80. The molecule has 2 heterocycles. The molecule has 0 atom stereocenters. The molecule has 146 valence electrons. The van der Waals surface area contributed by atoms with Crippen molar-refractivity contribution in [2.45, 2.75) is 0 Å². The van der Waals surface area contributed by atoms with Crippen molar-refractivity contribution in [3.8, 4) is 23.0 Å². The molecule has 29 heavy (non-hydrogen) atoms. The molecule has 0 aliphatic carbocycles. The summed E-state index contributed by atoms with van der Waals surface area (Å²) in [6.07, 6.45) is 1.48. The van der Waals surface area contributed by atoms with E-state index in [1.165, 1.54) is 25.4 Å². The molecule has 2 N–H and O–H groups in total. The van der Waals surface area contributed by atoms with Crippen LogP contribution in [-0.4, -0.2) is 35.5 Å². The van der Waals surface area contributed by atoms with Crippen molar-refractivity contribution in [1.29, 1.82) is 0 Å². The van der Waals surface area contributed by atoms with Crippen LogP contribution < -0.4 is 20.1 Å². The average molecular weight is 394 g/mol. The Bertz CT molecular complexity index is 1120. The highest BCUT2D eigenvalue weighted by Gasteiger charge is 2.17. The maximum atomic E-state index is 14.1. The smallest absolute Gasteiger partial charge is 0.262 e. The van der Waals surface area contributed by atoms with E-state index in [-0.39, 0.29) is 23.9 Å². The third kappa shape index (κ3) is 3.98. The van der Waals surface area contributed by atoms with Gasteiger partial charge in [0.1, 0.15) is 11.6 Å². The number of hydrogen-bond acceptors (Lipinski definition) is 6. The Hall–Kier alpha value is -4.01. The fraction of sp³-hybridized carbons (Fsp3) is 0.100. The van der Waals surface area contributed by atoms with E-state index in [0.29, 0.717) is 28.6 Å². The second kappa shape index (κ2) is 7.55. The zero-order chi connectivity index (χ0) is 20.4. The molecule has 9 heteroatoms. The Morgan fingerprint density at radius 1 is 1.24 bits per heavy atom. The summed E-state index contributed by atoms with van der Waals surface area (Å²) in [6, 6.07) is 10.2. The number of nitrogens with zero attached hydrogens (tertiary/aromatic N) is 2. The molecule has 0 fully saturated rings. The highest BCUT2D eigenvalue weighted by atomic mass is 19.1. The van der Waals surface area contributed by atoms with Crippen molar-refractivity contribution in [2.24, 2.45) is 0 Å². The SMILES string of the molecule is COc1ccnc(-c2cc(F)cc(C(=O)Nc3ccc4c(c3)OCC(=O)N4)c2)n1. The maximum Gasteiger partial charge on any atom is 0.262 e. The van der Waals surface area contributed by atoms with Crippen molar-refractivity contribution in [3.05, 3.63) is 60.0 Å². The molecule has 1 aliphatic rings. The monoisotopic (exact) mass is 394 g/mol. The Morgan fingerprint density at radius 2 is 2.10 bits per heavy atom. The van der Waals surface area contributed by atoms with Gasteiger partial charge in [0.15, 0.2) is 12.4 Å². The molecule has 0 spiro atoms. The van der Waals surface area contributed by atoms with Gasteiger partial charge in [-0.05, 0) is 30.3 Å². The zero-order valence-electron chi connectivity index (χ0n) is 15.2. The van der Waals surface area contributed by atoms with Gasteiger partial charge in [-0.3, -0.25) is 9.59 Å². The molecule has 0 unspecified atom stereocenters. The van der Waals surface area contributed by atoms with E-state index in [0.717, 1.165) is 6.07 Å². The first-order valence-corrected chi connectivity index (χ1v) is 8.58. The zero-order valence-corrected chi connectivity index (χ0v) is 15.2. The van der Waals surface area contributed by atoms with Gasteiger partial charge in [0.2, 0.25) is 5.88 Å². The predicted molar refractivity (Wildman–Crippen MR) is 102 cm³/mol. The Morgan fingerprint density at radius 3 is 2.93 bits per heavy atom. The number of aromatic nitrogens is 2. The van der Waals surface area contributed by atoms with Crippen LogP contribution in [0.5, 0.6) is 11.6 Å². The van der Waals surface area contributed by atoms with Gasteiger partial charge in [-0.1, -0.05) is 0 Å². The highest BCUT2D eigenvalue weighted by molar-refractivity contribution is 6.05. The summed E-state index contributed by atoms with van der Waals surface area (Å²) < 4.78 is 24.5. The molecule has 4 rings (SSSR count). The molecule has 0 radical (unpaired) electrons. The first-order chi connectivity index (χ1) is 14.0. The molecule has 2 aromatic carbocycles. The quantitative estimate of drug-likeness (QED) is 0.706. The van der Waals surface area contributed by atoms with E-state index in [9.17, 15) is 14.0 Å². The lowest BCUT2D eigenvalue weighted by Crippen LogP contribution is -2.25. The van der Waals surface area contributed by atoms with Crippen molar-refractivity contribution in [1.82, 2.24) is 9.97 Å². The number of amides is 2. The van der Waals surface area contributed by atoms with Crippen molar-refractivity contribution >= 4 is 23.2 Å². The van der Waals surface area contributed by atoms with E-state index in [1.807, 2.05) is 0 Å². The molecular formula is C20H15FN4O4. The van der Waals surface area contributed by atoms with Gasteiger partial charge >= 0.3 is 0 Å². The summed E-state index contributed by atoms with van der Waals surface area (Å²) in [5.74, 6) is -0.375. The van der Waals surface area contributed by atoms with Gasteiger partial charge < -0.3 is 20.1 Å². The van der Waals surface area contributed by atoms with Crippen molar-refractivity contribution < 1.29 is 23.5 Å². The summed E-state index contributed by atoms with van der Waals surface area (Å²) >= 11 is 0. The van der Waals surface area contributed by atoms with Gasteiger partial charge in [0.25, 0.3) is 11.8 Å². The number of ether oxygens (including phenoxy) is 2. The normalized spacial score (nSPS) is 12.4. The van der Waals surface area contributed by atoms with Gasteiger partial charge in [-0.25, -0.2) is 9.37 Å². The minimum atomic E-state index is -0.601. The molecule has 1 aliphatic heterocycles. The second-order valence-corrected chi connectivity index (χ2v) is 6.15. The number of hydrogen-bond donors (Lipinski definition) is 2. The van der Waals surface area contributed by atoms with Crippen LogP contribution in [0, 0.1) is 5.82 Å². The number of benzene rings is 2. The Balaban J connectivity index is 1.59. The number of fused-ring (bicyclic) bond motifs is 1. The lowest BCUT2D eigenvalue weighted by atomic mass is 10.1. The fourth-order valence-corrected chi connectivity index (χ4v) is 2.80. The molecule has 8 nitrogen and oxygen atoms in total. The third-order valence-electron chi connectivity index (χ3n) is 4.13. The van der Waals surface area contributed by atoms with Crippen LogP contribution >= 0.6 is 0 Å². The molecule has 2 amide bonds.